The van der Waals surface area contributed by atoms with Gasteiger partial charge >= 0.3 is 5.97 Å². The number of halogens is 2. The molecule has 0 bridgehead atoms. The van der Waals surface area contributed by atoms with Crippen molar-refractivity contribution in [3.05, 3.63) is 105 Å². The van der Waals surface area contributed by atoms with Gasteiger partial charge in [0.05, 0.1) is 30.2 Å². The predicted molar refractivity (Wildman–Crippen MR) is 179 cm³/mol. The minimum atomic E-state index is -3.61. The molecule has 1 aliphatic heterocycles. The van der Waals surface area contributed by atoms with Gasteiger partial charge in [-0.1, -0.05) is 84.6 Å². The fraction of sp³-hybridized carbons (Fsp3) is 0.382. The second-order valence-corrected chi connectivity index (χ2v) is 15.2. The Labute approximate surface area is 284 Å². The monoisotopic (exact) mass is 701 g/mol. The van der Waals surface area contributed by atoms with Gasteiger partial charge in [-0.15, -0.1) is 0 Å². The zero-order valence-electron chi connectivity index (χ0n) is 26.2. The summed E-state index contributed by atoms with van der Waals surface area (Å²) in [6, 6.07) is 16.5. The SMILES string of the molecule is CC(C)(C(=O)O)c1ccc(CONC(=O)[C@@H]2c3ccccc3C(=O)N([C@H]3CCCC[C@@H]3NS(C)(=O)=O)[C@H]2c2ccc(Cl)cc2Cl)cc1. The topological polar surface area (TPSA) is 142 Å². The summed E-state index contributed by atoms with van der Waals surface area (Å²) < 4.78 is 27.5. The Bertz CT molecular complexity index is 1780. The number of amides is 2. The Kier molecular flexibility index (Phi) is 10.3. The molecule has 1 heterocycles. The van der Waals surface area contributed by atoms with Gasteiger partial charge in [0.15, 0.2) is 0 Å². The van der Waals surface area contributed by atoms with Gasteiger partial charge in [-0.3, -0.25) is 19.2 Å². The molecule has 2 amide bonds. The van der Waals surface area contributed by atoms with E-state index >= 15 is 0 Å². The fourth-order valence-corrected chi connectivity index (χ4v) is 7.87. The summed E-state index contributed by atoms with van der Waals surface area (Å²) in [4.78, 5) is 47.5. The lowest BCUT2D eigenvalue weighted by Gasteiger charge is -2.49. The number of hydrogen-bond acceptors (Lipinski definition) is 6. The molecule has 5 rings (SSSR count). The lowest BCUT2D eigenvalue weighted by atomic mass is 9.76. The number of rotatable bonds is 10. The molecule has 10 nitrogen and oxygen atoms in total. The Hall–Kier alpha value is -3.48. The molecule has 250 valence electrons. The Morgan fingerprint density at radius 2 is 1.68 bits per heavy atom. The van der Waals surface area contributed by atoms with Crippen LogP contribution in [-0.2, 0) is 36.5 Å². The van der Waals surface area contributed by atoms with Crippen molar-refractivity contribution in [3.63, 3.8) is 0 Å². The van der Waals surface area contributed by atoms with Gasteiger partial charge in [0.2, 0.25) is 10.0 Å². The number of benzene rings is 3. The summed E-state index contributed by atoms with van der Waals surface area (Å²) in [5.74, 6) is -2.80. The first-order valence-corrected chi connectivity index (χ1v) is 17.9. The summed E-state index contributed by atoms with van der Waals surface area (Å²) in [5, 5.41) is 10.2. The quantitative estimate of drug-likeness (QED) is 0.229. The first-order chi connectivity index (χ1) is 22.2. The van der Waals surface area contributed by atoms with E-state index in [1.54, 1.807) is 85.5 Å². The number of fused-ring (bicyclic) bond motifs is 1. The molecule has 2 aliphatic rings. The van der Waals surface area contributed by atoms with Crippen molar-refractivity contribution in [2.24, 2.45) is 0 Å². The predicted octanol–water partition coefficient (Wildman–Crippen LogP) is 5.74. The van der Waals surface area contributed by atoms with Gasteiger partial charge in [-0.25, -0.2) is 18.6 Å². The molecule has 0 spiro atoms. The fourth-order valence-electron chi connectivity index (χ4n) is 6.52. The number of nitrogens with one attached hydrogen (secondary N) is 2. The first kappa shape index (κ1) is 34.8. The summed E-state index contributed by atoms with van der Waals surface area (Å²) >= 11 is 13.0. The van der Waals surface area contributed by atoms with Crippen molar-refractivity contribution in [3.8, 4) is 0 Å². The number of carboxylic acid groups (broad SMARTS) is 1. The maximum absolute atomic E-state index is 14.4. The van der Waals surface area contributed by atoms with Crippen molar-refractivity contribution >= 4 is 51.0 Å². The Morgan fingerprint density at radius 3 is 2.34 bits per heavy atom. The van der Waals surface area contributed by atoms with E-state index < -0.39 is 51.4 Å². The largest absolute Gasteiger partial charge is 0.481 e. The molecular weight excluding hydrogens is 665 g/mol. The molecule has 1 aliphatic carbocycles. The molecule has 0 saturated heterocycles. The molecule has 4 atom stereocenters. The highest BCUT2D eigenvalue weighted by Gasteiger charge is 2.49. The van der Waals surface area contributed by atoms with Crippen molar-refractivity contribution in [2.45, 2.75) is 75.6 Å². The van der Waals surface area contributed by atoms with E-state index in [-0.39, 0.29) is 17.5 Å². The van der Waals surface area contributed by atoms with Gasteiger partial charge < -0.3 is 10.0 Å². The van der Waals surface area contributed by atoms with E-state index in [0.717, 1.165) is 19.1 Å². The lowest BCUT2D eigenvalue weighted by Crippen LogP contribution is -2.59. The van der Waals surface area contributed by atoms with E-state index in [4.69, 9.17) is 28.0 Å². The highest BCUT2D eigenvalue weighted by molar-refractivity contribution is 7.88. The van der Waals surface area contributed by atoms with E-state index in [0.29, 0.717) is 45.7 Å². The third-order valence-corrected chi connectivity index (χ3v) is 10.3. The number of carbonyl (C=O) groups is 3. The Balaban J connectivity index is 1.51. The van der Waals surface area contributed by atoms with Crippen LogP contribution >= 0.6 is 23.2 Å². The van der Waals surface area contributed by atoms with Crippen molar-refractivity contribution < 1.29 is 32.7 Å². The molecule has 3 N–H and O–H groups in total. The van der Waals surface area contributed by atoms with Crippen LogP contribution < -0.4 is 10.2 Å². The van der Waals surface area contributed by atoms with Crippen LogP contribution in [0.3, 0.4) is 0 Å². The highest BCUT2D eigenvalue weighted by Crippen LogP contribution is 2.48. The van der Waals surface area contributed by atoms with Crippen LogP contribution in [0.15, 0.2) is 66.7 Å². The molecule has 1 fully saturated rings. The number of carbonyl (C=O) groups excluding carboxylic acids is 2. The van der Waals surface area contributed by atoms with Crippen LogP contribution in [0.4, 0.5) is 0 Å². The van der Waals surface area contributed by atoms with E-state index in [1.807, 2.05) is 0 Å². The average Bonchev–Trinajstić information content (AvgIpc) is 3.01. The normalized spacial score (nSPS) is 21.6. The van der Waals surface area contributed by atoms with Gasteiger partial charge in [-0.2, -0.15) is 0 Å². The number of aliphatic carboxylic acids is 1. The third-order valence-electron chi connectivity index (χ3n) is 9.01. The summed E-state index contributed by atoms with van der Waals surface area (Å²) in [6.45, 7) is 3.23. The number of sulfonamides is 1. The summed E-state index contributed by atoms with van der Waals surface area (Å²) in [6.07, 6.45) is 3.67. The highest BCUT2D eigenvalue weighted by atomic mass is 35.5. The van der Waals surface area contributed by atoms with E-state index in [9.17, 15) is 27.9 Å². The number of hydroxylamine groups is 1. The standard InChI is InChI=1S/C34H37Cl2N3O7S/c1-34(2,33(42)43)21-14-12-20(13-15-21)19-46-37-31(40)29-23-8-4-5-9-24(23)32(41)39(30(29)25-17-16-22(35)18-26(25)36)28-11-7-6-10-27(28)38-47(3,44)45/h4-5,8-9,12-18,27-30,38H,6-7,10-11,19H2,1-3H3,(H,37,40)(H,42,43)/t27-,28-,29+,30-/m0/s1. The van der Waals surface area contributed by atoms with Gasteiger partial charge in [0.1, 0.15) is 0 Å². The molecule has 0 unspecified atom stereocenters. The van der Waals surface area contributed by atoms with Gasteiger partial charge in [0.25, 0.3) is 11.8 Å². The van der Waals surface area contributed by atoms with Crippen LogP contribution in [0.2, 0.25) is 10.0 Å². The minimum absolute atomic E-state index is 0.00806. The van der Waals surface area contributed by atoms with E-state index in [1.165, 1.54) is 0 Å². The molecular formula is C34H37Cl2N3O7S. The molecule has 0 radical (unpaired) electrons. The number of nitrogens with zero attached hydrogens (tertiary/aromatic N) is 1. The third kappa shape index (κ3) is 7.49. The molecule has 47 heavy (non-hydrogen) atoms. The number of carboxylic acids is 1. The van der Waals surface area contributed by atoms with Crippen LogP contribution in [0, 0.1) is 0 Å². The van der Waals surface area contributed by atoms with E-state index in [2.05, 4.69) is 10.2 Å². The molecule has 3 aromatic carbocycles. The maximum atomic E-state index is 14.4. The second-order valence-electron chi connectivity index (χ2n) is 12.6. The van der Waals surface area contributed by atoms with Crippen LogP contribution in [0.25, 0.3) is 0 Å². The zero-order chi connectivity index (χ0) is 34.1. The Morgan fingerprint density at radius 1 is 1.00 bits per heavy atom. The van der Waals surface area contributed by atoms with Crippen LogP contribution in [0.1, 0.15) is 84.1 Å². The molecule has 1 saturated carbocycles. The summed E-state index contributed by atoms with van der Waals surface area (Å²) in [7, 11) is -3.61. The smallest absolute Gasteiger partial charge is 0.313 e. The number of hydrogen-bond donors (Lipinski definition) is 3. The average molecular weight is 703 g/mol. The lowest BCUT2D eigenvalue weighted by molar-refractivity contribution is -0.142. The maximum Gasteiger partial charge on any atom is 0.313 e. The van der Waals surface area contributed by atoms with Crippen molar-refractivity contribution in [1.29, 1.82) is 0 Å². The minimum Gasteiger partial charge on any atom is -0.481 e. The first-order valence-electron chi connectivity index (χ1n) is 15.3. The van der Waals surface area contributed by atoms with Crippen LogP contribution in [0.5, 0.6) is 0 Å². The van der Waals surface area contributed by atoms with Gasteiger partial charge in [0, 0.05) is 27.7 Å². The van der Waals surface area contributed by atoms with Crippen LogP contribution in [-0.4, -0.2) is 54.5 Å². The molecule has 0 aromatic heterocycles. The van der Waals surface area contributed by atoms with Crippen molar-refractivity contribution in [2.75, 3.05) is 6.26 Å². The molecule has 3 aromatic rings. The zero-order valence-corrected chi connectivity index (χ0v) is 28.5. The summed E-state index contributed by atoms with van der Waals surface area (Å²) in [5.41, 5.74) is 4.11. The second kappa shape index (κ2) is 13.9. The van der Waals surface area contributed by atoms with Gasteiger partial charge in [-0.05, 0) is 67.1 Å². The van der Waals surface area contributed by atoms with Crippen molar-refractivity contribution in [1.82, 2.24) is 15.1 Å². The molecule has 13 heteroatoms.